The highest BCUT2D eigenvalue weighted by molar-refractivity contribution is 7.92. The van der Waals surface area contributed by atoms with E-state index in [0.717, 1.165) is 37.0 Å². The predicted molar refractivity (Wildman–Crippen MR) is 158 cm³/mol. The van der Waals surface area contributed by atoms with Gasteiger partial charge in [-0.05, 0) is 79.4 Å². The number of halogens is 2. The van der Waals surface area contributed by atoms with Gasteiger partial charge in [0.1, 0.15) is 6.04 Å². The van der Waals surface area contributed by atoms with Gasteiger partial charge in [0.05, 0.1) is 10.5 Å². The number of hydrogen-bond acceptors (Lipinski definition) is 8. The highest BCUT2D eigenvalue weighted by Crippen LogP contribution is 2.31. The topological polar surface area (TPSA) is 123 Å². The minimum Gasteiger partial charge on any atom is -0.368 e. The summed E-state index contributed by atoms with van der Waals surface area (Å²) in [6.45, 7) is 5.22. The maximum absolute atomic E-state index is 13.4. The van der Waals surface area contributed by atoms with E-state index >= 15 is 0 Å². The van der Waals surface area contributed by atoms with Crippen LogP contribution in [0, 0.1) is 5.41 Å². The molecule has 2 aliphatic heterocycles. The zero-order chi connectivity index (χ0) is 28.4. The highest BCUT2D eigenvalue weighted by Gasteiger charge is 2.31. The Bertz CT molecular complexity index is 1530. The van der Waals surface area contributed by atoms with Gasteiger partial charge >= 0.3 is 0 Å². The van der Waals surface area contributed by atoms with Gasteiger partial charge < -0.3 is 20.1 Å². The Balaban J connectivity index is 1.21. The van der Waals surface area contributed by atoms with Gasteiger partial charge in [-0.2, -0.15) is 4.98 Å². The quantitative estimate of drug-likeness (QED) is 0.309. The van der Waals surface area contributed by atoms with Crippen LogP contribution in [0.15, 0.2) is 53.6 Å². The zero-order valence-electron chi connectivity index (χ0n) is 21.8. The molecule has 1 aromatic heterocycles. The van der Waals surface area contributed by atoms with Gasteiger partial charge in [0.25, 0.3) is 10.0 Å². The van der Waals surface area contributed by atoms with Gasteiger partial charge in [-0.15, -0.1) is 0 Å². The summed E-state index contributed by atoms with van der Waals surface area (Å²) >= 11 is 12.0. The van der Waals surface area contributed by atoms with Crippen LogP contribution in [-0.4, -0.2) is 74.2 Å². The normalized spacial score (nSPS) is 16.3. The van der Waals surface area contributed by atoms with Crippen molar-refractivity contribution in [1.29, 1.82) is 5.41 Å². The average molecular weight is 603 g/mol. The Hall–Kier alpha value is -3.41. The molecule has 5 rings (SSSR count). The van der Waals surface area contributed by atoms with Gasteiger partial charge in [0.2, 0.25) is 11.2 Å². The third-order valence-corrected chi connectivity index (χ3v) is 9.07. The zero-order valence-corrected chi connectivity index (χ0v) is 24.2. The second-order valence-corrected chi connectivity index (χ2v) is 12.2. The number of carbonyl (C=O) groups excluding carboxylic acids is 1. The van der Waals surface area contributed by atoms with Crippen LogP contribution in [0.4, 0.5) is 17.2 Å². The van der Waals surface area contributed by atoms with E-state index in [1.165, 1.54) is 23.9 Å². The molecule has 1 amide bonds. The molecule has 3 aromatic rings. The third kappa shape index (κ3) is 5.86. The number of benzene rings is 2. The third-order valence-electron chi connectivity index (χ3n) is 7.30. The fourth-order valence-electron chi connectivity index (χ4n) is 5.16. The van der Waals surface area contributed by atoms with Gasteiger partial charge in [-0.25, -0.2) is 13.4 Å². The summed E-state index contributed by atoms with van der Waals surface area (Å²) in [6, 6.07) is 12.1. The average Bonchev–Trinajstić information content (AvgIpc) is 2.96. The van der Waals surface area contributed by atoms with Gasteiger partial charge in [0, 0.05) is 61.5 Å². The van der Waals surface area contributed by atoms with E-state index in [4.69, 9.17) is 28.6 Å². The molecule has 210 valence electrons. The second-order valence-electron chi connectivity index (χ2n) is 9.75. The van der Waals surface area contributed by atoms with Crippen LogP contribution < -0.4 is 14.5 Å². The molecule has 2 aromatic carbocycles. The van der Waals surface area contributed by atoms with E-state index in [9.17, 15) is 13.2 Å². The minimum absolute atomic E-state index is 0.0488. The Morgan fingerprint density at radius 1 is 1.07 bits per heavy atom. The number of nitrogens with one attached hydrogen (secondary N) is 2. The number of piperazine rings is 1. The van der Waals surface area contributed by atoms with Crippen molar-refractivity contribution >= 4 is 62.5 Å². The van der Waals surface area contributed by atoms with E-state index in [-0.39, 0.29) is 33.5 Å². The monoisotopic (exact) mass is 601 g/mol. The lowest BCUT2D eigenvalue weighted by Crippen LogP contribution is -2.55. The molecule has 0 saturated carbocycles. The van der Waals surface area contributed by atoms with E-state index < -0.39 is 10.0 Å². The summed E-state index contributed by atoms with van der Waals surface area (Å²) in [5, 5.41) is 8.03. The fraction of sp³-hybridized carbons (Fsp3) is 0.333. The number of anilines is 3. The van der Waals surface area contributed by atoms with Gasteiger partial charge in [-0.3, -0.25) is 9.52 Å². The van der Waals surface area contributed by atoms with Crippen LogP contribution in [0.25, 0.3) is 0 Å². The maximum atomic E-state index is 13.4. The lowest BCUT2D eigenvalue weighted by molar-refractivity contribution is -0.132. The molecule has 2 N–H and O–H groups in total. The lowest BCUT2D eigenvalue weighted by atomic mass is 10.00. The predicted octanol–water partition coefficient (Wildman–Crippen LogP) is 4.07. The van der Waals surface area contributed by atoms with Crippen molar-refractivity contribution in [2.24, 2.45) is 0 Å². The van der Waals surface area contributed by atoms with Crippen molar-refractivity contribution in [3.8, 4) is 0 Å². The van der Waals surface area contributed by atoms with E-state index in [0.29, 0.717) is 31.2 Å². The van der Waals surface area contributed by atoms with Gasteiger partial charge in [0.15, 0.2) is 5.82 Å². The molecule has 3 heterocycles. The Kier molecular flexibility index (Phi) is 8.16. The first-order valence-corrected chi connectivity index (χ1v) is 15.1. The second kappa shape index (κ2) is 11.6. The molecule has 2 aliphatic rings. The summed E-state index contributed by atoms with van der Waals surface area (Å²) < 4.78 is 28.2. The van der Waals surface area contributed by atoms with Crippen LogP contribution in [0.1, 0.15) is 24.5 Å². The standard InChI is InChI=1S/C27H29Cl2N7O3S/c1-18(36-10-2-3-19-15-21(28)4-9-24(19)36)26(37)35-13-11-34(12-14-35)22-5-7-23(8-6-22)40(38,39)33-25-20(16-30)17-31-27(29)32-25/h4-9,15-18,30H,2-3,10-14H2,1H3,(H,31,32,33)/t18-/m1/s1. The number of rotatable bonds is 7. The van der Waals surface area contributed by atoms with Gasteiger partial charge in [-0.1, -0.05) is 11.6 Å². The van der Waals surface area contributed by atoms with Crippen LogP contribution in [0.3, 0.4) is 0 Å². The van der Waals surface area contributed by atoms with Crippen molar-refractivity contribution in [3.63, 3.8) is 0 Å². The van der Waals surface area contributed by atoms with Crippen LogP contribution in [0.2, 0.25) is 10.3 Å². The Morgan fingerprint density at radius 3 is 2.50 bits per heavy atom. The van der Waals surface area contributed by atoms with Crippen LogP contribution >= 0.6 is 23.2 Å². The van der Waals surface area contributed by atoms with E-state index in [1.807, 2.05) is 30.0 Å². The number of amides is 1. The first-order chi connectivity index (χ1) is 19.2. The molecule has 40 heavy (non-hydrogen) atoms. The summed E-state index contributed by atoms with van der Waals surface area (Å²) in [5.41, 5.74) is 3.32. The molecule has 1 fully saturated rings. The first-order valence-electron chi connectivity index (χ1n) is 12.9. The molecule has 0 spiro atoms. The minimum atomic E-state index is -3.96. The Morgan fingerprint density at radius 2 is 1.80 bits per heavy atom. The van der Waals surface area contributed by atoms with Crippen LogP contribution in [-0.2, 0) is 21.2 Å². The molecule has 0 radical (unpaired) electrons. The number of aryl methyl sites for hydroxylation is 1. The maximum Gasteiger partial charge on any atom is 0.263 e. The van der Waals surface area contributed by atoms with E-state index in [2.05, 4.69) is 24.5 Å². The molecule has 13 heteroatoms. The molecule has 0 aliphatic carbocycles. The molecule has 0 unspecified atom stereocenters. The number of carbonyl (C=O) groups is 1. The molecule has 1 saturated heterocycles. The number of hydrogen-bond donors (Lipinski definition) is 2. The highest BCUT2D eigenvalue weighted by atomic mass is 35.5. The van der Waals surface area contributed by atoms with Crippen molar-refractivity contribution in [2.75, 3.05) is 47.2 Å². The first kappa shape index (κ1) is 28.1. The summed E-state index contributed by atoms with van der Waals surface area (Å²) in [5.74, 6) is 0.0371. The van der Waals surface area contributed by atoms with Crippen LogP contribution in [0.5, 0.6) is 0 Å². The summed E-state index contributed by atoms with van der Waals surface area (Å²) in [4.78, 5) is 27.3. The van der Waals surface area contributed by atoms with E-state index in [1.54, 1.807) is 12.1 Å². The molecular formula is C27H29Cl2N7O3S. The molecular weight excluding hydrogens is 573 g/mol. The number of fused-ring (bicyclic) bond motifs is 1. The summed E-state index contributed by atoms with van der Waals surface area (Å²) in [6.07, 6.45) is 4.16. The molecule has 0 bridgehead atoms. The van der Waals surface area contributed by atoms with Crippen molar-refractivity contribution in [3.05, 3.63) is 70.1 Å². The number of aromatic nitrogens is 2. The largest absolute Gasteiger partial charge is 0.368 e. The van der Waals surface area contributed by atoms with Crippen molar-refractivity contribution < 1.29 is 13.2 Å². The number of nitrogens with zero attached hydrogens (tertiary/aromatic N) is 5. The lowest BCUT2D eigenvalue weighted by Gasteiger charge is -2.41. The smallest absolute Gasteiger partial charge is 0.263 e. The number of sulfonamides is 1. The fourth-order valence-corrected chi connectivity index (χ4v) is 6.52. The Labute approximate surface area is 243 Å². The van der Waals surface area contributed by atoms with Crippen molar-refractivity contribution in [2.45, 2.75) is 30.7 Å². The molecule has 1 atom stereocenters. The van der Waals surface area contributed by atoms with Crippen molar-refractivity contribution in [1.82, 2.24) is 14.9 Å². The SMILES string of the molecule is C[C@H](C(=O)N1CCN(c2ccc(S(=O)(=O)Nc3nc(Cl)ncc3C=N)cc2)CC1)N1CCCc2cc(Cl)ccc21. The summed E-state index contributed by atoms with van der Waals surface area (Å²) in [7, 11) is -3.96. The molecule has 10 nitrogen and oxygen atoms in total.